The topological polar surface area (TPSA) is 127 Å². The van der Waals surface area contributed by atoms with Crippen LogP contribution in [0.15, 0.2) is 0 Å². The summed E-state index contributed by atoms with van der Waals surface area (Å²) in [7, 11) is 0. The van der Waals surface area contributed by atoms with Crippen molar-refractivity contribution in [1.82, 2.24) is 0 Å². The second-order valence-electron chi connectivity index (χ2n) is 3.02. The average molecular weight is 220 g/mol. The Balaban J connectivity index is 0. The van der Waals surface area contributed by atoms with Crippen LogP contribution in [0.3, 0.4) is 0 Å². The standard InChI is InChI=1S/C5H9NO4.C4H11N/c6-3(5(9)10)1-2-4(7)8;1-2-3-4-5/h3H,1-2,6H2,(H,7,8)(H,9,10);2-5H2,1H3. The summed E-state index contributed by atoms with van der Waals surface area (Å²) in [6.07, 6.45) is 2.16. The van der Waals surface area contributed by atoms with Crippen LogP contribution in [0.5, 0.6) is 0 Å². The van der Waals surface area contributed by atoms with Gasteiger partial charge in [0, 0.05) is 6.42 Å². The molecule has 0 amide bonds. The van der Waals surface area contributed by atoms with Crippen molar-refractivity contribution >= 4 is 11.9 Å². The predicted octanol–water partition coefficient (Wildman–Crippen LogP) is 0.00830. The summed E-state index contributed by atoms with van der Waals surface area (Å²) in [5.41, 5.74) is 10.1. The Kier molecular flexibility index (Phi) is 11.9. The minimum Gasteiger partial charge on any atom is -0.481 e. The van der Waals surface area contributed by atoms with Crippen LogP contribution in [-0.4, -0.2) is 34.7 Å². The summed E-state index contributed by atoms with van der Waals surface area (Å²) in [5, 5.41) is 16.3. The smallest absolute Gasteiger partial charge is 0.320 e. The zero-order valence-corrected chi connectivity index (χ0v) is 8.98. The van der Waals surface area contributed by atoms with Gasteiger partial charge in [0.2, 0.25) is 0 Å². The van der Waals surface area contributed by atoms with Crippen molar-refractivity contribution in [3.8, 4) is 0 Å². The van der Waals surface area contributed by atoms with Crippen molar-refractivity contribution in [3.05, 3.63) is 0 Å². The van der Waals surface area contributed by atoms with Crippen LogP contribution in [0.4, 0.5) is 0 Å². The van der Waals surface area contributed by atoms with E-state index in [1.54, 1.807) is 0 Å². The van der Waals surface area contributed by atoms with Gasteiger partial charge in [0.1, 0.15) is 6.04 Å². The van der Waals surface area contributed by atoms with Crippen LogP contribution in [0.2, 0.25) is 0 Å². The molecule has 15 heavy (non-hydrogen) atoms. The number of hydrogen-bond acceptors (Lipinski definition) is 4. The van der Waals surface area contributed by atoms with Gasteiger partial charge in [-0.15, -0.1) is 0 Å². The number of aliphatic carboxylic acids is 2. The van der Waals surface area contributed by atoms with Gasteiger partial charge in [-0.05, 0) is 19.4 Å². The number of carboxylic acid groups (broad SMARTS) is 2. The molecule has 90 valence electrons. The Labute approximate surface area is 89.3 Å². The van der Waals surface area contributed by atoms with E-state index in [4.69, 9.17) is 21.7 Å². The van der Waals surface area contributed by atoms with Gasteiger partial charge in [0.05, 0.1) is 0 Å². The zero-order chi connectivity index (χ0) is 12.3. The lowest BCUT2D eigenvalue weighted by atomic mass is 10.2. The van der Waals surface area contributed by atoms with Crippen molar-refractivity contribution in [2.45, 2.75) is 38.6 Å². The minimum absolute atomic E-state index is 0.0231. The lowest BCUT2D eigenvalue weighted by Gasteiger charge is -2.01. The largest absolute Gasteiger partial charge is 0.481 e. The molecular weight excluding hydrogens is 200 g/mol. The summed E-state index contributed by atoms with van der Waals surface area (Å²) in [4.78, 5) is 19.9. The first-order valence-corrected chi connectivity index (χ1v) is 4.85. The molecule has 0 aromatic carbocycles. The highest BCUT2D eigenvalue weighted by Gasteiger charge is 2.12. The zero-order valence-electron chi connectivity index (χ0n) is 8.98. The molecule has 0 bridgehead atoms. The van der Waals surface area contributed by atoms with Gasteiger partial charge in [-0.25, -0.2) is 0 Å². The highest BCUT2D eigenvalue weighted by Crippen LogP contribution is 1.93. The van der Waals surface area contributed by atoms with Gasteiger partial charge in [0.25, 0.3) is 0 Å². The van der Waals surface area contributed by atoms with Crippen molar-refractivity contribution < 1.29 is 19.8 Å². The van der Waals surface area contributed by atoms with Crippen molar-refractivity contribution in [1.29, 1.82) is 0 Å². The molecule has 0 saturated carbocycles. The fourth-order valence-electron chi connectivity index (χ4n) is 0.607. The molecule has 0 aromatic heterocycles. The van der Waals surface area contributed by atoms with Crippen LogP contribution < -0.4 is 11.5 Å². The molecule has 6 nitrogen and oxygen atoms in total. The molecule has 0 aliphatic heterocycles. The Morgan fingerprint density at radius 3 is 2.07 bits per heavy atom. The van der Waals surface area contributed by atoms with E-state index in [9.17, 15) is 9.59 Å². The third kappa shape index (κ3) is 15.6. The maximum absolute atomic E-state index is 9.99. The molecule has 0 spiro atoms. The molecule has 1 unspecified atom stereocenters. The molecule has 0 aliphatic rings. The molecule has 0 rings (SSSR count). The van der Waals surface area contributed by atoms with Crippen LogP contribution in [0.25, 0.3) is 0 Å². The van der Waals surface area contributed by atoms with Crippen LogP contribution in [-0.2, 0) is 9.59 Å². The SMILES string of the molecule is CCCCN.NC(CCC(=O)O)C(=O)O. The second kappa shape index (κ2) is 10.9. The molecule has 0 aliphatic carbocycles. The minimum atomic E-state index is -1.17. The Morgan fingerprint density at radius 2 is 1.87 bits per heavy atom. The number of nitrogens with two attached hydrogens (primary N) is 2. The predicted molar refractivity (Wildman–Crippen MR) is 56.4 cm³/mol. The van der Waals surface area contributed by atoms with E-state index in [2.05, 4.69) is 6.92 Å². The lowest BCUT2D eigenvalue weighted by molar-refractivity contribution is -0.139. The van der Waals surface area contributed by atoms with E-state index in [-0.39, 0.29) is 12.8 Å². The Hall–Kier alpha value is -1.14. The van der Waals surface area contributed by atoms with Gasteiger partial charge in [-0.1, -0.05) is 13.3 Å². The number of carbonyl (C=O) groups is 2. The molecule has 0 saturated heterocycles. The second-order valence-corrected chi connectivity index (χ2v) is 3.02. The van der Waals surface area contributed by atoms with E-state index in [0.29, 0.717) is 0 Å². The normalized spacial score (nSPS) is 11.1. The maximum atomic E-state index is 9.99. The van der Waals surface area contributed by atoms with Gasteiger partial charge in [-0.2, -0.15) is 0 Å². The van der Waals surface area contributed by atoms with E-state index in [1.807, 2.05) is 0 Å². The summed E-state index contributed by atoms with van der Waals surface area (Å²) in [6.45, 7) is 2.98. The highest BCUT2D eigenvalue weighted by molar-refractivity contribution is 5.74. The lowest BCUT2D eigenvalue weighted by Crippen LogP contribution is -2.30. The molecule has 6 heteroatoms. The monoisotopic (exact) mass is 220 g/mol. The van der Waals surface area contributed by atoms with E-state index in [0.717, 1.165) is 6.54 Å². The van der Waals surface area contributed by atoms with Gasteiger partial charge in [0.15, 0.2) is 0 Å². The summed E-state index contributed by atoms with van der Waals surface area (Å²) in [6, 6.07) is -1.06. The van der Waals surface area contributed by atoms with E-state index < -0.39 is 18.0 Å². The van der Waals surface area contributed by atoms with Crippen LogP contribution in [0.1, 0.15) is 32.6 Å². The fourth-order valence-corrected chi connectivity index (χ4v) is 0.607. The molecule has 0 aromatic rings. The van der Waals surface area contributed by atoms with Crippen molar-refractivity contribution in [2.24, 2.45) is 11.5 Å². The Morgan fingerprint density at radius 1 is 1.33 bits per heavy atom. The summed E-state index contributed by atoms with van der Waals surface area (Å²) >= 11 is 0. The maximum Gasteiger partial charge on any atom is 0.320 e. The van der Waals surface area contributed by atoms with Gasteiger partial charge < -0.3 is 21.7 Å². The van der Waals surface area contributed by atoms with Crippen LogP contribution in [0, 0.1) is 0 Å². The van der Waals surface area contributed by atoms with Crippen LogP contribution >= 0.6 is 0 Å². The first-order chi connectivity index (χ1) is 6.95. The highest BCUT2D eigenvalue weighted by atomic mass is 16.4. The molecule has 0 radical (unpaired) electrons. The molecule has 0 heterocycles. The van der Waals surface area contributed by atoms with E-state index in [1.165, 1.54) is 12.8 Å². The first-order valence-electron chi connectivity index (χ1n) is 4.85. The number of rotatable bonds is 6. The third-order valence-corrected chi connectivity index (χ3v) is 1.54. The first kappa shape index (κ1) is 16.3. The molecule has 0 fully saturated rings. The molecule has 6 N–H and O–H groups in total. The average Bonchev–Trinajstić information content (AvgIpc) is 2.16. The van der Waals surface area contributed by atoms with Crippen molar-refractivity contribution in [3.63, 3.8) is 0 Å². The molecular formula is C9H20N2O4. The third-order valence-electron chi connectivity index (χ3n) is 1.54. The van der Waals surface area contributed by atoms with Crippen molar-refractivity contribution in [2.75, 3.05) is 6.54 Å². The quantitative estimate of drug-likeness (QED) is 0.499. The number of carboxylic acids is 2. The molecule has 1 atom stereocenters. The van der Waals surface area contributed by atoms with Gasteiger partial charge >= 0.3 is 11.9 Å². The number of unbranched alkanes of at least 4 members (excludes halogenated alkanes) is 1. The number of hydrogen-bond donors (Lipinski definition) is 4. The fraction of sp³-hybridized carbons (Fsp3) is 0.778. The summed E-state index contributed by atoms with van der Waals surface area (Å²) < 4.78 is 0. The van der Waals surface area contributed by atoms with E-state index >= 15 is 0 Å². The van der Waals surface area contributed by atoms with Gasteiger partial charge in [-0.3, -0.25) is 9.59 Å². The Bertz CT molecular complexity index is 183. The summed E-state index contributed by atoms with van der Waals surface area (Å²) in [5.74, 6) is -2.20.